The van der Waals surface area contributed by atoms with Crippen LogP contribution in [-0.4, -0.2) is 23.5 Å². The molecule has 0 spiro atoms. The molecule has 1 aliphatic heterocycles. The third kappa shape index (κ3) is 3.14. The molecule has 1 aromatic carbocycles. The highest BCUT2D eigenvalue weighted by Gasteiger charge is 2.25. The van der Waals surface area contributed by atoms with Crippen molar-refractivity contribution in [3.05, 3.63) is 28.8 Å². The van der Waals surface area contributed by atoms with Crippen LogP contribution in [0.4, 0.5) is 10.5 Å². The topological polar surface area (TPSA) is 32.3 Å². The fourth-order valence-corrected chi connectivity index (χ4v) is 3.25. The Labute approximate surface area is 122 Å². The quantitative estimate of drug-likeness (QED) is 0.851. The van der Waals surface area contributed by atoms with Gasteiger partial charge < -0.3 is 10.2 Å². The predicted molar refractivity (Wildman–Crippen MR) is 84.3 cm³/mol. The summed E-state index contributed by atoms with van der Waals surface area (Å²) < 4.78 is 0. The van der Waals surface area contributed by atoms with Crippen LogP contribution in [0.1, 0.15) is 49.3 Å². The van der Waals surface area contributed by atoms with Crippen molar-refractivity contribution in [2.75, 3.05) is 11.9 Å². The first-order valence-electron chi connectivity index (χ1n) is 7.68. The average Bonchev–Trinajstić information content (AvgIpc) is 2.42. The predicted octanol–water partition coefficient (Wildman–Crippen LogP) is 4.41. The van der Waals surface area contributed by atoms with Crippen LogP contribution in [0.2, 0.25) is 0 Å². The van der Waals surface area contributed by atoms with Gasteiger partial charge in [-0.2, -0.15) is 0 Å². The van der Waals surface area contributed by atoms with E-state index in [1.807, 2.05) is 4.90 Å². The molecular weight excluding hydrogens is 248 g/mol. The van der Waals surface area contributed by atoms with Gasteiger partial charge in [-0.3, -0.25) is 0 Å². The fourth-order valence-electron chi connectivity index (χ4n) is 3.25. The molecule has 0 radical (unpaired) electrons. The standard InChI is InChI=1S/C17H26N2O/c1-5-15-8-6-7-9-19(15)17(20)18-16-13(3)10-12(2)11-14(16)4/h10-11,15H,5-9H2,1-4H3,(H,18,20). The van der Waals surface area contributed by atoms with Crippen LogP contribution < -0.4 is 5.32 Å². The van der Waals surface area contributed by atoms with E-state index in [0.717, 1.165) is 42.6 Å². The number of aryl methyl sites for hydroxylation is 3. The smallest absolute Gasteiger partial charge is 0.322 e. The summed E-state index contributed by atoms with van der Waals surface area (Å²) in [5.74, 6) is 0. The van der Waals surface area contributed by atoms with Gasteiger partial charge in [-0.15, -0.1) is 0 Å². The highest BCUT2D eigenvalue weighted by molar-refractivity contribution is 5.91. The normalized spacial score (nSPS) is 19.0. The lowest BCUT2D eigenvalue weighted by Crippen LogP contribution is -2.45. The molecule has 20 heavy (non-hydrogen) atoms. The molecule has 1 N–H and O–H groups in total. The second-order valence-electron chi connectivity index (χ2n) is 5.96. The minimum Gasteiger partial charge on any atom is -0.322 e. The van der Waals surface area contributed by atoms with E-state index >= 15 is 0 Å². The number of carbonyl (C=O) groups excluding carboxylic acids is 1. The zero-order valence-corrected chi connectivity index (χ0v) is 13.1. The van der Waals surface area contributed by atoms with E-state index in [-0.39, 0.29) is 6.03 Å². The van der Waals surface area contributed by atoms with Gasteiger partial charge in [0.15, 0.2) is 0 Å². The zero-order chi connectivity index (χ0) is 14.7. The van der Waals surface area contributed by atoms with Crippen LogP contribution in [0.15, 0.2) is 12.1 Å². The minimum absolute atomic E-state index is 0.0617. The van der Waals surface area contributed by atoms with Gasteiger partial charge in [0, 0.05) is 18.3 Å². The Kier molecular flexibility index (Phi) is 4.69. The number of hydrogen-bond donors (Lipinski definition) is 1. The van der Waals surface area contributed by atoms with E-state index in [9.17, 15) is 4.79 Å². The summed E-state index contributed by atoms with van der Waals surface area (Å²) >= 11 is 0. The summed E-state index contributed by atoms with van der Waals surface area (Å²) in [5.41, 5.74) is 4.49. The van der Waals surface area contributed by atoms with Gasteiger partial charge in [-0.25, -0.2) is 4.79 Å². The summed E-state index contributed by atoms with van der Waals surface area (Å²) in [4.78, 5) is 14.6. The third-order valence-electron chi connectivity index (χ3n) is 4.27. The molecule has 3 nitrogen and oxygen atoms in total. The Balaban J connectivity index is 2.15. The molecular formula is C17H26N2O. The van der Waals surface area contributed by atoms with Crippen LogP contribution >= 0.6 is 0 Å². The first-order valence-corrected chi connectivity index (χ1v) is 7.68. The number of benzene rings is 1. The van der Waals surface area contributed by atoms with E-state index in [1.54, 1.807) is 0 Å². The van der Waals surface area contributed by atoms with E-state index in [2.05, 4.69) is 45.1 Å². The molecule has 1 aliphatic rings. The molecule has 2 amide bonds. The van der Waals surface area contributed by atoms with E-state index in [4.69, 9.17) is 0 Å². The lowest BCUT2D eigenvalue weighted by atomic mass is 10.0. The van der Waals surface area contributed by atoms with Crippen LogP contribution in [0.5, 0.6) is 0 Å². The fraction of sp³-hybridized carbons (Fsp3) is 0.588. The molecule has 1 unspecified atom stereocenters. The molecule has 0 aliphatic carbocycles. The highest BCUT2D eigenvalue weighted by Crippen LogP contribution is 2.25. The lowest BCUT2D eigenvalue weighted by Gasteiger charge is -2.35. The molecule has 1 fully saturated rings. The van der Waals surface area contributed by atoms with Crippen molar-refractivity contribution in [1.82, 2.24) is 4.90 Å². The number of amides is 2. The SMILES string of the molecule is CCC1CCCCN1C(=O)Nc1c(C)cc(C)cc1C. The first-order chi connectivity index (χ1) is 9.52. The van der Waals surface area contributed by atoms with Crippen LogP contribution in [0, 0.1) is 20.8 Å². The highest BCUT2D eigenvalue weighted by atomic mass is 16.2. The maximum atomic E-state index is 12.5. The summed E-state index contributed by atoms with van der Waals surface area (Å²) in [5, 5.41) is 3.13. The third-order valence-corrected chi connectivity index (χ3v) is 4.27. The Hall–Kier alpha value is -1.51. The van der Waals surface area contributed by atoms with E-state index in [1.165, 1.54) is 12.0 Å². The summed E-state index contributed by atoms with van der Waals surface area (Å²) in [6, 6.07) is 4.70. The molecule has 0 aromatic heterocycles. The van der Waals surface area contributed by atoms with Gasteiger partial charge in [0.25, 0.3) is 0 Å². The van der Waals surface area contributed by atoms with Gasteiger partial charge >= 0.3 is 6.03 Å². The average molecular weight is 274 g/mol. The number of nitrogens with one attached hydrogen (secondary N) is 1. The van der Waals surface area contributed by atoms with Gasteiger partial charge in [-0.05, 0) is 57.6 Å². The van der Waals surface area contributed by atoms with Crippen molar-refractivity contribution in [3.8, 4) is 0 Å². The van der Waals surface area contributed by atoms with Gasteiger partial charge in [-0.1, -0.05) is 24.6 Å². The van der Waals surface area contributed by atoms with Crippen molar-refractivity contribution < 1.29 is 4.79 Å². The van der Waals surface area contributed by atoms with Crippen molar-refractivity contribution in [2.45, 2.75) is 59.4 Å². The Morgan fingerprint density at radius 3 is 2.50 bits per heavy atom. The number of carbonyl (C=O) groups is 1. The van der Waals surface area contributed by atoms with Crippen molar-refractivity contribution >= 4 is 11.7 Å². The van der Waals surface area contributed by atoms with Gasteiger partial charge in [0.05, 0.1) is 0 Å². The van der Waals surface area contributed by atoms with Crippen LogP contribution in [-0.2, 0) is 0 Å². The number of anilines is 1. The lowest BCUT2D eigenvalue weighted by molar-refractivity contribution is 0.160. The molecule has 1 atom stereocenters. The monoisotopic (exact) mass is 274 g/mol. The second-order valence-corrected chi connectivity index (χ2v) is 5.96. The maximum absolute atomic E-state index is 12.5. The van der Waals surface area contributed by atoms with Crippen LogP contribution in [0.3, 0.4) is 0 Å². The van der Waals surface area contributed by atoms with Crippen molar-refractivity contribution in [1.29, 1.82) is 0 Å². The Morgan fingerprint density at radius 1 is 1.25 bits per heavy atom. The van der Waals surface area contributed by atoms with Crippen LogP contribution in [0.25, 0.3) is 0 Å². The second kappa shape index (κ2) is 6.29. The van der Waals surface area contributed by atoms with Gasteiger partial charge in [0.1, 0.15) is 0 Å². The summed E-state index contributed by atoms with van der Waals surface area (Å²) in [6.45, 7) is 9.25. The van der Waals surface area contributed by atoms with Crippen molar-refractivity contribution in [2.24, 2.45) is 0 Å². The minimum atomic E-state index is 0.0617. The zero-order valence-electron chi connectivity index (χ0n) is 13.1. The van der Waals surface area contributed by atoms with E-state index in [0.29, 0.717) is 6.04 Å². The molecule has 3 heteroatoms. The van der Waals surface area contributed by atoms with E-state index < -0.39 is 0 Å². The molecule has 2 rings (SSSR count). The van der Waals surface area contributed by atoms with Crippen molar-refractivity contribution in [3.63, 3.8) is 0 Å². The molecule has 0 saturated carbocycles. The number of piperidine rings is 1. The molecule has 110 valence electrons. The first kappa shape index (κ1) is 14.9. The maximum Gasteiger partial charge on any atom is 0.322 e. The summed E-state index contributed by atoms with van der Waals surface area (Å²) in [6.07, 6.45) is 4.54. The molecule has 1 aromatic rings. The number of likely N-dealkylation sites (tertiary alicyclic amines) is 1. The molecule has 0 bridgehead atoms. The molecule has 1 saturated heterocycles. The number of rotatable bonds is 2. The number of hydrogen-bond acceptors (Lipinski definition) is 1. The number of urea groups is 1. The number of nitrogens with zero attached hydrogens (tertiary/aromatic N) is 1. The summed E-state index contributed by atoms with van der Waals surface area (Å²) in [7, 11) is 0. The Morgan fingerprint density at radius 2 is 1.90 bits per heavy atom. The Bertz CT molecular complexity index is 473. The largest absolute Gasteiger partial charge is 0.322 e. The van der Waals surface area contributed by atoms with Gasteiger partial charge in [0.2, 0.25) is 0 Å². The molecule has 1 heterocycles.